The molecule has 5 heterocycles. The summed E-state index contributed by atoms with van der Waals surface area (Å²) in [4.78, 5) is 59.4. The maximum absolute atomic E-state index is 13.0. The highest BCUT2D eigenvalue weighted by Crippen LogP contribution is 2.28. The van der Waals surface area contributed by atoms with Gasteiger partial charge in [0, 0.05) is 49.7 Å². The van der Waals surface area contributed by atoms with Crippen LogP contribution >= 0.6 is 0 Å². The van der Waals surface area contributed by atoms with Crippen molar-refractivity contribution in [2.24, 2.45) is 0 Å². The molecule has 1 saturated heterocycles. The Morgan fingerprint density at radius 2 is 1.85 bits per heavy atom. The van der Waals surface area contributed by atoms with E-state index in [1.165, 1.54) is 13.3 Å². The number of aromatic amines is 1. The van der Waals surface area contributed by atoms with Crippen molar-refractivity contribution >= 4 is 27.8 Å². The number of amides is 1. The van der Waals surface area contributed by atoms with Crippen LogP contribution in [0, 0.1) is 0 Å². The molecule has 1 fully saturated rings. The predicted octanol–water partition coefficient (Wildman–Crippen LogP) is 1.67. The number of ether oxygens (including phenoxy) is 1. The summed E-state index contributed by atoms with van der Waals surface area (Å²) in [5.41, 5.74) is 1.67. The molecule has 34 heavy (non-hydrogen) atoms. The van der Waals surface area contributed by atoms with Crippen LogP contribution in [0.5, 0.6) is 6.01 Å². The fraction of sp³-hybridized carbons (Fsp3) is 0.348. The molecule has 0 saturated carbocycles. The van der Waals surface area contributed by atoms with Crippen LogP contribution < -0.4 is 16.0 Å². The molecule has 174 valence electrons. The molecule has 0 bridgehead atoms. The molecule has 0 unspecified atom stereocenters. The number of nitrogens with zero attached hydrogens (tertiary/aromatic N) is 6. The number of fused-ring (bicyclic) bond motifs is 3. The second kappa shape index (κ2) is 8.65. The van der Waals surface area contributed by atoms with Crippen molar-refractivity contribution in [2.45, 2.75) is 32.2 Å². The first-order valence-corrected chi connectivity index (χ1v) is 11.1. The molecule has 0 aromatic carbocycles. The Hall–Kier alpha value is -4.15. The van der Waals surface area contributed by atoms with Gasteiger partial charge in [-0.05, 0) is 25.0 Å². The Kier molecular flexibility index (Phi) is 5.52. The number of piperidine rings is 1. The number of hydrogen-bond acceptors (Lipinski definition) is 8. The average molecular weight is 461 g/mol. The molecular formula is C23H23N7O4. The first kappa shape index (κ1) is 21.7. The lowest BCUT2D eigenvalue weighted by molar-refractivity contribution is -0.132. The first-order valence-electron chi connectivity index (χ1n) is 11.1. The minimum absolute atomic E-state index is 0.0970. The highest BCUT2D eigenvalue weighted by Gasteiger charge is 2.26. The molecule has 1 N–H and O–H groups in total. The summed E-state index contributed by atoms with van der Waals surface area (Å²) >= 11 is 0. The normalized spacial score (nSPS) is 14.6. The Morgan fingerprint density at radius 3 is 2.53 bits per heavy atom. The lowest BCUT2D eigenvalue weighted by atomic mass is 10.0. The van der Waals surface area contributed by atoms with E-state index in [1.807, 2.05) is 11.8 Å². The molecule has 1 aliphatic rings. The molecule has 11 heteroatoms. The van der Waals surface area contributed by atoms with Crippen LogP contribution in [0.1, 0.15) is 32.2 Å². The average Bonchev–Trinajstić information content (AvgIpc) is 2.88. The molecule has 11 nitrogen and oxygen atoms in total. The number of methoxy groups -OCH3 is 1. The molecule has 1 aliphatic heterocycles. The summed E-state index contributed by atoms with van der Waals surface area (Å²) < 4.78 is 6.63. The summed E-state index contributed by atoms with van der Waals surface area (Å²) in [5, 5.41) is 0.287. The van der Waals surface area contributed by atoms with Crippen LogP contribution in [-0.4, -0.2) is 60.5 Å². The largest absolute Gasteiger partial charge is 0.467 e. The molecule has 4 aromatic heterocycles. The van der Waals surface area contributed by atoms with Gasteiger partial charge in [0.05, 0.1) is 29.2 Å². The van der Waals surface area contributed by atoms with Crippen molar-refractivity contribution in [3.05, 3.63) is 51.6 Å². The number of H-pyrrole nitrogens is 1. The lowest BCUT2D eigenvalue weighted by Gasteiger charge is -2.33. The molecular weight excluding hydrogens is 438 g/mol. The van der Waals surface area contributed by atoms with Gasteiger partial charge < -0.3 is 9.64 Å². The highest BCUT2D eigenvalue weighted by atomic mass is 16.5. The standard InChI is InChI=1S/C23H23N7O4/c1-3-18(31)29-8-6-14(7-9-29)30-20-15(21(32)28-23(30)33)12-24-17-5-4-16(27-19(17)20)13-10-25-22(34-2)26-11-13/h4-5,10-12,14H,3,6-9H2,1-2H3,(H,28,32,33). The Labute approximate surface area is 193 Å². The van der Waals surface area contributed by atoms with Gasteiger partial charge in [-0.2, -0.15) is 0 Å². The Morgan fingerprint density at radius 1 is 1.12 bits per heavy atom. The van der Waals surface area contributed by atoms with Crippen molar-refractivity contribution in [2.75, 3.05) is 20.2 Å². The number of nitrogens with one attached hydrogen (secondary N) is 1. The van der Waals surface area contributed by atoms with E-state index in [0.29, 0.717) is 60.2 Å². The van der Waals surface area contributed by atoms with Gasteiger partial charge in [0.1, 0.15) is 5.52 Å². The summed E-state index contributed by atoms with van der Waals surface area (Å²) in [6.45, 7) is 2.94. The fourth-order valence-electron chi connectivity index (χ4n) is 4.45. The fourth-order valence-corrected chi connectivity index (χ4v) is 4.45. The number of pyridine rings is 2. The number of likely N-dealkylation sites (tertiary alicyclic amines) is 1. The Bertz CT molecular complexity index is 1500. The molecule has 0 spiro atoms. The van der Waals surface area contributed by atoms with Crippen LogP contribution in [0.4, 0.5) is 0 Å². The van der Waals surface area contributed by atoms with Gasteiger partial charge in [-0.15, -0.1) is 0 Å². The third kappa shape index (κ3) is 3.68. The molecule has 0 atom stereocenters. The lowest BCUT2D eigenvalue weighted by Crippen LogP contribution is -2.42. The van der Waals surface area contributed by atoms with Crippen molar-refractivity contribution in [3.8, 4) is 17.3 Å². The number of carbonyl (C=O) groups is 1. The van der Waals surface area contributed by atoms with E-state index in [1.54, 1.807) is 29.1 Å². The summed E-state index contributed by atoms with van der Waals surface area (Å²) in [5.74, 6) is 0.0970. The molecule has 5 rings (SSSR count). The van der Waals surface area contributed by atoms with E-state index in [-0.39, 0.29) is 23.3 Å². The summed E-state index contributed by atoms with van der Waals surface area (Å²) in [6, 6.07) is 3.63. The van der Waals surface area contributed by atoms with Crippen molar-refractivity contribution < 1.29 is 9.53 Å². The first-order chi connectivity index (χ1) is 16.5. The third-order valence-electron chi connectivity index (χ3n) is 6.20. The van der Waals surface area contributed by atoms with E-state index in [0.717, 1.165) is 0 Å². The minimum Gasteiger partial charge on any atom is -0.467 e. The Balaban J connectivity index is 1.67. The van der Waals surface area contributed by atoms with Crippen molar-refractivity contribution in [3.63, 3.8) is 0 Å². The zero-order chi connectivity index (χ0) is 23.8. The summed E-state index contributed by atoms with van der Waals surface area (Å²) in [6.07, 6.45) is 6.31. The van der Waals surface area contributed by atoms with Crippen molar-refractivity contribution in [1.29, 1.82) is 0 Å². The number of carbonyl (C=O) groups excluding carboxylic acids is 1. The number of hydrogen-bond donors (Lipinski definition) is 1. The summed E-state index contributed by atoms with van der Waals surface area (Å²) in [7, 11) is 1.49. The van der Waals surface area contributed by atoms with Gasteiger partial charge in [0.15, 0.2) is 0 Å². The van der Waals surface area contributed by atoms with E-state index in [4.69, 9.17) is 9.72 Å². The number of rotatable bonds is 4. The van der Waals surface area contributed by atoms with E-state index in [2.05, 4.69) is 19.9 Å². The van der Waals surface area contributed by atoms with Crippen LogP contribution in [-0.2, 0) is 4.79 Å². The molecule has 4 aromatic rings. The van der Waals surface area contributed by atoms with Gasteiger partial charge in [-0.25, -0.2) is 19.7 Å². The smallest absolute Gasteiger partial charge is 0.329 e. The van der Waals surface area contributed by atoms with Gasteiger partial charge in [-0.3, -0.25) is 24.1 Å². The maximum Gasteiger partial charge on any atom is 0.329 e. The molecule has 1 amide bonds. The van der Waals surface area contributed by atoms with Gasteiger partial charge >= 0.3 is 11.7 Å². The van der Waals surface area contributed by atoms with Gasteiger partial charge in [0.25, 0.3) is 5.56 Å². The van der Waals surface area contributed by atoms with Crippen LogP contribution in [0.2, 0.25) is 0 Å². The van der Waals surface area contributed by atoms with Crippen molar-refractivity contribution in [1.82, 2.24) is 34.4 Å². The van der Waals surface area contributed by atoms with E-state index < -0.39 is 11.2 Å². The molecule has 0 aliphatic carbocycles. The van der Waals surface area contributed by atoms with Gasteiger partial charge in [-0.1, -0.05) is 6.92 Å². The monoisotopic (exact) mass is 461 g/mol. The quantitative estimate of drug-likeness (QED) is 0.453. The second-order valence-electron chi connectivity index (χ2n) is 8.14. The maximum atomic E-state index is 13.0. The van der Waals surface area contributed by atoms with Gasteiger partial charge in [0.2, 0.25) is 5.91 Å². The van der Waals surface area contributed by atoms with E-state index in [9.17, 15) is 14.4 Å². The zero-order valence-electron chi connectivity index (χ0n) is 18.8. The topological polar surface area (TPSA) is 136 Å². The third-order valence-corrected chi connectivity index (χ3v) is 6.20. The molecule has 0 radical (unpaired) electrons. The minimum atomic E-state index is -0.510. The van der Waals surface area contributed by atoms with Crippen LogP contribution in [0.15, 0.2) is 40.3 Å². The predicted molar refractivity (Wildman–Crippen MR) is 125 cm³/mol. The van der Waals surface area contributed by atoms with Crippen LogP contribution in [0.25, 0.3) is 33.2 Å². The zero-order valence-corrected chi connectivity index (χ0v) is 18.8. The highest BCUT2D eigenvalue weighted by molar-refractivity contribution is 6.01. The van der Waals surface area contributed by atoms with E-state index >= 15 is 0 Å². The SMILES string of the molecule is CCC(=O)N1CCC(n2c(=O)[nH]c(=O)c3cnc4ccc(-c5cnc(OC)nc5)nc4c32)CC1. The van der Waals surface area contributed by atoms with Crippen LogP contribution in [0.3, 0.4) is 0 Å². The second-order valence-corrected chi connectivity index (χ2v) is 8.14. The number of aromatic nitrogens is 6.